The number of hydrogen-bond acceptors (Lipinski definition) is 2. The van der Waals surface area contributed by atoms with Crippen LogP contribution in [0, 0.1) is 0 Å². The van der Waals surface area contributed by atoms with Crippen LogP contribution in [-0.2, 0) is 0 Å². The van der Waals surface area contributed by atoms with Crippen LogP contribution in [0.15, 0.2) is 16.0 Å². The van der Waals surface area contributed by atoms with E-state index in [0.717, 1.165) is 6.54 Å². The number of allylic oxidation sites excluding steroid dienone is 1. The first-order valence-corrected chi connectivity index (χ1v) is 3.48. The van der Waals surface area contributed by atoms with Crippen LogP contribution in [0.4, 0.5) is 0 Å². The van der Waals surface area contributed by atoms with E-state index in [9.17, 15) is 0 Å². The SMILES string of the molecule is C/C=C1\CN=C(C)S1. The van der Waals surface area contributed by atoms with E-state index in [1.165, 1.54) is 9.95 Å². The number of thioether (sulfide) groups is 1. The Balaban J connectivity index is 2.56. The van der Waals surface area contributed by atoms with Gasteiger partial charge in [-0.2, -0.15) is 0 Å². The molecule has 8 heavy (non-hydrogen) atoms. The highest BCUT2D eigenvalue weighted by Gasteiger charge is 2.05. The van der Waals surface area contributed by atoms with Gasteiger partial charge in [-0.1, -0.05) is 17.8 Å². The summed E-state index contributed by atoms with van der Waals surface area (Å²) in [7, 11) is 0. The smallest absolute Gasteiger partial charge is 0.0708 e. The van der Waals surface area contributed by atoms with Crippen molar-refractivity contribution in [1.29, 1.82) is 0 Å². The normalized spacial score (nSPS) is 24.2. The minimum absolute atomic E-state index is 0.910. The fraction of sp³-hybridized carbons (Fsp3) is 0.500. The van der Waals surface area contributed by atoms with Gasteiger partial charge in [-0.15, -0.1) is 0 Å². The van der Waals surface area contributed by atoms with Gasteiger partial charge in [0.15, 0.2) is 0 Å². The van der Waals surface area contributed by atoms with Gasteiger partial charge in [0.25, 0.3) is 0 Å². The van der Waals surface area contributed by atoms with Gasteiger partial charge in [-0.05, 0) is 13.8 Å². The second-order valence-corrected chi connectivity index (χ2v) is 3.01. The van der Waals surface area contributed by atoms with Gasteiger partial charge in [-0.3, -0.25) is 4.99 Å². The standard InChI is InChI=1S/C6H9NS/c1-3-6-4-7-5(2)8-6/h3H,4H2,1-2H3/b6-3+. The monoisotopic (exact) mass is 127 g/mol. The maximum atomic E-state index is 4.20. The molecule has 0 unspecified atom stereocenters. The lowest BCUT2D eigenvalue weighted by molar-refractivity contribution is 1.24. The summed E-state index contributed by atoms with van der Waals surface area (Å²) in [4.78, 5) is 5.58. The summed E-state index contributed by atoms with van der Waals surface area (Å²) in [6.45, 7) is 5.00. The Hall–Kier alpha value is -0.240. The molecule has 0 fully saturated rings. The Labute approximate surface area is 53.9 Å². The lowest BCUT2D eigenvalue weighted by Gasteiger charge is -1.86. The molecule has 0 N–H and O–H groups in total. The summed E-state index contributed by atoms with van der Waals surface area (Å²) in [5.74, 6) is 0. The highest BCUT2D eigenvalue weighted by molar-refractivity contribution is 8.17. The van der Waals surface area contributed by atoms with Crippen LogP contribution in [0.1, 0.15) is 13.8 Å². The van der Waals surface area contributed by atoms with Crippen LogP contribution in [0.5, 0.6) is 0 Å². The minimum atomic E-state index is 0.910. The van der Waals surface area contributed by atoms with Crippen molar-refractivity contribution >= 4 is 16.8 Å². The third-order valence-electron chi connectivity index (χ3n) is 1.06. The largest absolute Gasteiger partial charge is 0.278 e. The lowest BCUT2D eigenvalue weighted by Crippen LogP contribution is -1.71. The van der Waals surface area contributed by atoms with Crippen molar-refractivity contribution in [1.82, 2.24) is 0 Å². The molecule has 1 aliphatic rings. The van der Waals surface area contributed by atoms with Crippen molar-refractivity contribution in [2.45, 2.75) is 13.8 Å². The number of rotatable bonds is 0. The summed E-state index contributed by atoms with van der Waals surface area (Å²) in [5.41, 5.74) is 0. The first-order chi connectivity index (χ1) is 3.83. The predicted octanol–water partition coefficient (Wildman–Crippen LogP) is 2.06. The van der Waals surface area contributed by atoms with E-state index in [1.807, 2.05) is 6.92 Å². The van der Waals surface area contributed by atoms with Gasteiger partial charge in [0.1, 0.15) is 0 Å². The Morgan fingerprint density at radius 2 is 2.50 bits per heavy atom. The van der Waals surface area contributed by atoms with Crippen molar-refractivity contribution in [2.75, 3.05) is 6.54 Å². The molecule has 0 aromatic rings. The fourth-order valence-electron chi connectivity index (χ4n) is 0.594. The van der Waals surface area contributed by atoms with Gasteiger partial charge in [0.05, 0.1) is 11.6 Å². The molecule has 1 nitrogen and oxygen atoms in total. The zero-order chi connectivity index (χ0) is 5.98. The quantitative estimate of drug-likeness (QED) is 0.485. The summed E-state index contributed by atoms with van der Waals surface area (Å²) >= 11 is 1.78. The van der Waals surface area contributed by atoms with E-state index < -0.39 is 0 Å². The van der Waals surface area contributed by atoms with E-state index in [2.05, 4.69) is 18.0 Å². The van der Waals surface area contributed by atoms with Crippen LogP contribution >= 0.6 is 11.8 Å². The lowest BCUT2D eigenvalue weighted by atomic mass is 10.5. The van der Waals surface area contributed by atoms with Crippen LogP contribution in [0.3, 0.4) is 0 Å². The van der Waals surface area contributed by atoms with Gasteiger partial charge in [-0.25, -0.2) is 0 Å². The van der Waals surface area contributed by atoms with Crippen molar-refractivity contribution in [3.63, 3.8) is 0 Å². The van der Waals surface area contributed by atoms with Crippen molar-refractivity contribution in [3.05, 3.63) is 11.0 Å². The number of aliphatic imine (C=N–C) groups is 1. The predicted molar refractivity (Wildman–Crippen MR) is 39.3 cm³/mol. The Bertz CT molecular complexity index is 147. The molecule has 1 aliphatic heterocycles. The molecule has 1 rings (SSSR count). The third kappa shape index (κ3) is 1.13. The highest BCUT2D eigenvalue weighted by Crippen LogP contribution is 2.23. The average molecular weight is 127 g/mol. The Morgan fingerprint density at radius 1 is 1.75 bits per heavy atom. The maximum Gasteiger partial charge on any atom is 0.0708 e. The number of nitrogens with zero attached hydrogens (tertiary/aromatic N) is 1. The molecule has 0 amide bonds. The summed E-state index contributed by atoms with van der Waals surface area (Å²) in [6, 6.07) is 0. The second-order valence-electron chi connectivity index (χ2n) is 1.69. The van der Waals surface area contributed by atoms with Gasteiger partial charge < -0.3 is 0 Å². The van der Waals surface area contributed by atoms with Gasteiger partial charge in [0, 0.05) is 4.91 Å². The third-order valence-corrected chi connectivity index (χ3v) is 2.11. The number of hydrogen-bond donors (Lipinski definition) is 0. The average Bonchev–Trinajstić information content (AvgIpc) is 2.14. The molecule has 0 atom stereocenters. The molecule has 1 heterocycles. The molecule has 0 aromatic heterocycles. The van der Waals surface area contributed by atoms with Crippen LogP contribution in [-0.4, -0.2) is 11.6 Å². The first-order valence-electron chi connectivity index (χ1n) is 2.67. The second kappa shape index (κ2) is 2.35. The molecular formula is C6H9NS. The molecular weight excluding hydrogens is 118 g/mol. The molecule has 0 saturated carbocycles. The van der Waals surface area contributed by atoms with Crippen molar-refractivity contribution < 1.29 is 0 Å². The molecule has 0 radical (unpaired) electrons. The van der Waals surface area contributed by atoms with Gasteiger partial charge >= 0.3 is 0 Å². The van der Waals surface area contributed by atoms with Crippen LogP contribution in [0.25, 0.3) is 0 Å². The minimum Gasteiger partial charge on any atom is -0.278 e. The van der Waals surface area contributed by atoms with E-state index in [4.69, 9.17) is 0 Å². The topological polar surface area (TPSA) is 12.4 Å². The van der Waals surface area contributed by atoms with E-state index >= 15 is 0 Å². The van der Waals surface area contributed by atoms with Crippen molar-refractivity contribution in [2.24, 2.45) is 4.99 Å². The summed E-state index contributed by atoms with van der Waals surface area (Å²) < 4.78 is 0. The molecule has 0 aromatic carbocycles. The summed E-state index contributed by atoms with van der Waals surface area (Å²) in [5, 5.41) is 1.19. The van der Waals surface area contributed by atoms with E-state index in [1.54, 1.807) is 11.8 Å². The van der Waals surface area contributed by atoms with E-state index in [-0.39, 0.29) is 0 Å². The highest BCUT2D eigenvalue weighted by atomic mass is 32.2. The Kier molecular flexibility index (Phi) is 1.73. The van der Waals surface area contributed by atoms with Crippen LogP contribution in [0.2, 0.25) is 0 Å². The van der Waals surface area contributed by atoms with Gasteiger partial charge in [0.2, 0.25) is 0 Å². The molecule has 0 spiro atoms. The van der Waals surface area contributed by atoms with Crippen LogP contribution < -0.4 is 0 Å². The zero-order valence-electron chi connectivity index (χ0n) is 5.14. The molecule has 2 heteroatoms. The maximum absolute atomic E-state index is 4.20. The Morgan fingerprint density at radius 3 is 2.75 bits per heavy atom. The molecule has 44 valence electrons. The van der Waals surface area contributed by atoms with Crippen molar-refractivity contribution in [3.8, 4) is 0 Å². The molecule has 0 aliphatic carbocycles. The fourth-order valence-corrected chi connectivity index (χ4v) is 1.35. The molecule has 0 bridgehead atoms. The zero-order valence-corrected chi connectivity index (χ0v) is 5.96. The summed E-state index contributed by atoms with van der Waals surface area (Å²) in [6.07, 6.45) is 2.12. The molecule has 0 saturated heterocycles. The first kappa shape index (κ1) is 5.89. The van der Waals surface area contributed by atoms with E-state index in [0.29, 0.717) is 0 Å².